The van der Waals surface area contributed by atoms with Crippen LogP contribution in [0.4, 0.5) is 0 Å². The molecule has 1 fully saturated rings. The second-order valence-electron chi connectivity index (χ2n) is 4.93. The zero-order valence-electron chi connectivity index (χ0n) is 10.4. The molecule has 1 saturated carbocycles. The third-order valence-electron chi connectivity index (χ3n) is 3.37. The van der Waals surface area contributed by atoms with Crippen LogP contribution in [0.2, 0.25) is 5.02 Å². The lowest BCUT2D eigenvalue weighted by Crippen LogP contribution is -2.24. The van der Waals surface area contributed by atoms with Gasteiger partial charge in [0.2, 0.25) is 0 Å². The van der Waals surface area contributed by atoms with Crippen LogP contribution in [-0.4, -0.2) is 17.2 Å². The first-order valence-corrected chi connectivity index (χ1v) is 6.64. The van der Waals surface area contributed by atoms with Crippen LogP contribution in [0.5, 0.6) is 5.75 Å². The topological polar surface area (TPSA) is 46.5 Å². The number of aromatic carboxylic acids is 1. The van der Waals surface area contributed by atoms with E-state index in [0.717, 1.165) is 19.3 Å². The molecule has 3 nitrogen and oxygen atoms in total. The molecule has 0 saturated heterocycles. The second-order valence-corrected chi connectivity index (χ2v) is 5.34. The van der Waals surface area contributed by atoms with Crippen molar-refractivity contribution >= 4 is 17.6 Å². The largest absolute Gasteiger partial charge is 0.489 e. The van der Waals surface area contributed by atoms with Crippen LogP contribution >= 0.6 is 11.6 Å². The van der Waals surface area contributed by atoms with Crippen LogP contribution in [0, 0.1) is 5.92 Å². The fraction of sp³-hybridized carbons (Fsp3) is 0.500. The van der Waals surface area contributed by atoms with Gasteiger partial charge in [-0.15, -0.1) is 0 Å². The highest BCUT2D eigenvalue weighted by Gasteiger charge is 2.23. The van der Waals surface area contributed by atoms with Crippen molar-refractivity contribution in [2.45, 2.75) is 38.7 Å². The lowest BCUT2D eigenvalue weighted by molar-refractivity contribution is 0.0683. The average Bonchev–Trinajstić information content (AvgIpc) is 2.28. The molecule has 0 bridgehead atoms. The lowest BCUT2D eigenvalue weighted by Gasteiger charge is -2.28. The van der Waals surface area contributed by atoms with E-state index in [9.17, 15) is 4.79 Å². The Balaban J connectivity index is 2.18. The Morgan fingerprint density at radius 3 is 2.89 bits per heavy atom. The second kappa shape index (κ2) is 5.61. The Hall–Kier alpha value is -1.22. The molecule has 0 heterocycles. The van der Waals surface area contributed by atoms with Gasteiger partial charge in [0.15, 0.2) is 0 Å². The van der Waals surface area contributed by atoms with E-state index in [1.165, 1.54) is 6.42 Å². The van der Waals surface area contributed by atoms with Gasteiger partial charge in [-0.3, -0.25) is 0 Å². The van der Waals surface area contributed by atoms with Gasteiger partial charge in [-0.25, -0.2) is 4.79 Å². The molecule has 0 spiro atoms. The summed E-state index contributed by atoms with van der Waals surface area (Å²) < 4.78 is 5.83. The van der Waals surface area contributed by atoms with Gasteiger partial charge in [0.25, 0.3) is 0 Å². The quantitative estimate of drug-likeness (QED) is 0.901. The number of hydrogen-bond acceptors (Lipinski definition) is 2. The maximum Gasteiger partial charge on any atom is 0.341 e. The first-order chi connectivity index (χ1) is 8.58. The van der Waals surface area contributed by atoms with Crippen molar-refractivity contribution in [3.05, 3.63) is 28.8 Å². The van der Waals surface area contributed by atoms with Crippen molar-refractivity contribution in [3.8, 4) is 5.75 Å². The average molecular weight is 269 g/mol. The summed E-state index contributed by atoms with van der Waals surface area (Å²) in [5.41, 5.74) is 0.0670. The number of ether oxygens (including phenoxy) is 1. The zero-order chi connectivity index (χ0) is 13.1. The molecule has 0 radical (unpaired) electrons. The molecule has 98 valence electrons. The number of carbonyl (C=O) groups is 1. The highest BCUT2D eigenvalue weighted by atomic mass is 35.5. The Kier molecular flexibility index (Phi) is 4.12. The molecular formula is C14H17ClO3. The SMILES string of the molecule is CC1CCCC(Oc2cccc(Cl)c2C(=O)O)C1. The van der Waals surface area contributed by atoms with E-state index in [-0.39, 0.29) is 16.7 Å². The summed E-state index contributed by atoms with van der Waals surface area (Å²) >= 11 is 5.91. The van der Waals surface area contributed by atoms with Crippen LogP contribution in [-0.2, 0) is 0 Å². The number of carboxylic acid groups (broad SMARTS) is 1. The molecule has 4 heteroatoms. The summed E-state index contributed by atoms with van der Waals surface area (Å²) in [4.78, 5) is 11.2. The molecular weight excluding hydrogens is 252 g/mol. The first kappa shape index (κ1) is 13.2. The van der Waals surface area contributed by atoms with Gasteiger partial charge in [0.1, 0.15) is 11.3 Å². The molecule has 1 aromatic rings. The minimum Gasteiger partial charge on any atom is -0.489 e. The Bertz CT molecular complexity index is 445. The molecule has 0 aromatic heterocycles. The van der Waals surface area contributed by atoms with Crippen LogP contribution in [0.1, 0.15) is 43.0 Å². The molecule has 1 aliphatic rings. The number of carboxylic acids is 1. The molecule has 0 amide bonds. The smallest absolute Gasteiger partial charge is 0.341 e. The van der Waals surface area contributed by atoms with E-state index >= 15 is 0 Å². The predicted molar refractivity (Wildman–Crippen MR) is 70.5 cm³/mol. The van der Waals surface area contributed by atoms with Crippen molar-refractivity contribution in [3.63, 3.8) is 0 Å². The normalized spacial score (nSPS) is 23.7. The maximum atomic E-state index is 11.2. The molecule has 2 unspecified atom stereocenters. The summed E-state index contributed by atoms with van der Waals surface area (Å²) in [7, 11) is 0. The summed E-state index contributed by atoms with van der Waals surface area (Å²) in [5.74, 6) is -0.0234. The van der Waals surface area contributed by atoms with E-state index in [0.29, 0.717) is 11.7 Å². The molecule has 1 N–H and O–H groups in total. The van der Waals surface area contributed by atoms with Crippen molar-refractivity contribution in [2.24, 2.45) is 5.92 Å². The fourth-order valence-electron chi connectivity index (χ4n) is 2.48. The molecule has 18 heavy (non-hydrogen) atoms. The van der Waals surface area contributed by atoms with E-state index in [4.69, 9.17) is 21.4 Å². The summed E-state index contributed by atoms with van der Waals surface area (Å²) in [5, 5.41) is 9.39. The maximum absolute atomic E-state index is 11.2. The number of hydrogen-bond donors (Lipinski definition) is 1. The summed E-state index contributed by atoms with van der Waals surface area (Å²) in [6.07, 6.45) is 4.42. The first-order valence-electron chi connectivity index (χ1n) is 6.26. The van der Waals surface area contributed by atoms with E-state index in [1.54, 1.807) is 18.2 Å². The van der Waals surface area contributed by atoms with Gasteiger partial charge in [-0.2, -0.15) is 0 Å². The Labute approximate surface area is 112 Å². The van der Waals surface area contributed by atoms with Crippen LogP contribution in [0.15, 0.2) is 18.2 Å². The lowest BCUT2D eigenvalue weighted by atomic mass is 9.88. The van der Waals surface area contributed by atoms with Crippen molar-refractivity contribution in [2.75, 3.05) is 0 Å². The third kappa shape index (κ3) is 2.96. The Morgan fingerprint density at radius 2 is 2.22 bits per heavy atom. The zero-order valence-corrected chi connectivity index (χ0v) is 11.1. The van der Waals surface area contributed by atoms with Crippen molar-refractivity contribution < 1.29 is 14.6 Å². The highest BCUT2D eigenvalue weighted by molar-refractivity contribution is 6.33. The van der Waals surface area contributed by atoms with E-state index in [1.807, 2.05) is 0 Å². The van der Waals surface area contributed by atoms with E-state index in [2.05, 4.69) is 6.92 Å². The van der Waals surface area contributed by atoms with Gasteiger partial charge in [-0.1, -0.05) is 31.0 Å². The van der Waals surface area contributed by atoms with Crippen LogP contribution in [0.25, 0.3) is 0 Å². The summed E-state index contributed by atoms with van der Waals surface area (Å²) in [6, 6.07) is 4.96. The molecule has 2 rings (SSSR count). The van der Waals surface area contributed by atoms with E-state index < -0.39 is 5.97 Å². The number of benzene rings is 1. The van der Waals surface area contributed by atoms with Crippen LogP contribution < -0.4 is 4.74 Å². The Morgan fingerprint density at radius 1 is 1.44 bits per heavy atom. The van der Waals surface area contributed by atoms with Gasteiger partial charge in [0.05, 0.1) is 11.1 Å². The predicted octanol–water partition coefficient (Wildman–Crippen LogP) is 4.00. The van der Waals surface area contributed by atoms with Gasteiger partial charge in [-0.05, 0) is 37.3 Å². The minimum atomic E-state index is -1.04. The van der Waals surface area contributed by atoms with Gasteiger partial charge in [0, 0.05) is 0 Å². The fourth-order valence-corrected chi connectivity index (χ4v) is 2.72. The van der Waals surface area contributed by atoms with Crippen LogP contribution in [0.3, 0.4) is 0 Å². The van der Waals surface area contributed by atoms with Gasteiger partial charge < -0.3 is 9.84 Å². The third-order valence-corrected chi connectivity index (χ3v) is 3.69. The number of rotatable bonds is 3. The van der Waals surface area contributed by atoms with Crippen molar-refractivity contribution in [1.82, 2.24) is 0 Å². The van der Waals surface area contributed by atoms with Gasteiger partial charge >= 0.3 is 5.97 Å². The standard InChI is InChI=1S/C14H17ClO3/c1-9-4-2-5-10(8-9)18-12-7-3-6-11(15)13(12)14(16)17/h3,6-7,9-10H,2,4-5,8H2,1H3,(H,16,17). The number of halogens is 1. The molecule has 1 aliphatic carbocycles. The molecule has 2 atom stereocenters. The minimum absolute atomic E-state index is 0.0670. The van der Waals surface area contributed by atoms with Crippen molar-refractivity contribution in [1.29, 1.82) is 0 Å². The monoisotopic (exact) mass is 268 g/mol. The summed E-state index contributed by atoms with van der Waals surface area (Å²) in [6.45, 7) is 2.20. The molecule has 1 aromatic carbocycles. The highest BCUT2D eigenvalue weighted by Crippen LogP contribution is 2.31. The molecule has 0 aliphatic heterocycles.